The Morgan fingerprint density at radius 1 is 0.192 bits per heavy atom. The summed E-state index contributed by atoms with van der Waals surface area (Å²) >= 11 is 0. The number of furan rings is 1. The fraction of sp³-hybridized carbons (Fsp3) is 0.131. The van der Waals surface area contributed by atoms with Gasteiger partial charge in [0.25, 0.3) is 0 Å². The number of benzene rings is 18. The SMILES string of the molecule is CC(C)(C)c1ccc(N(c2ccc(C(C)(C)C)cc2)c2ccc3c4c5ccc6c(c5ccc4n(-c4ccccc4)c3c2)c2ccc(N(c3ccc(-c4cc5ccccc5o4)cc3)c3ccc4c5c7ccc8c(c7ccc5n(-c5ccccc5)c4c3)c3ccc(N(c4ccc(C(C)(C)C)cc4)c4ccc(C(C)(C)C)cc4)cc3n8-c3ccccc3)cc2n6-c2ccccc2)cc1. The van der Waals surface area contributed by atoms with Crippen LogP contribution in [-0.4, -0.2) is 18.3 Å². The molecule has 18 aromatic carbocycles. The van der Waals surface area contributed by atoms with Crippen molar-refractivity contribution in [1.82, 2.24) is 18.3 Å². The molecule has 130 heavy (non-hydrogen) atoms. The van der Waals surface area contributed by atoms with E-state index >= 15 is 0 Å². The van der Waals surface area contributed by atoms with Crippen molar-refractivity contribution in [3.05, 3.63) is 417 Å². The number of nitrogens with zero attached hydrogens (tertiary/aromatic N) is 7. The van der Waals surface area contributed by atoms with Gasteiger partial charge in [-0.15, -0.1) is 0 Å². The van der Waals surface area contributed by atoms with E-state index in [4.69, 9.17) is 4.42 Å². The summed E-state index contributed by atoms with van der Waals surface area (Å²) in [7, 11) is 0. The molecule has 5 heterocycles. The maximum absolute atomic E-state index is 6.59. The molecule has 0 aliphatic rings. The van der Waals surface area contributed by atoms with Crippen molar-refractivity contribution in [2.75, 3.05) is 14.7 Å². The van der Waals surface area contributed by atoms with Gasteiger partial charge in [-0.05, 0) is 272 Å². The molecule has 8 nitrogen and oxygen atoms in total. The van der Waals surface area contributed by atoms with Gasteiger partial charge >= 0.3 is 0 Å². The zero-order valence-corrected chi connectivity index (χ0v) is 75.6. The number of rotatable bonds is 14. The van der Waals surface area contributed by atoms with Crippen LogP contribution in [0.5, 0.6) is 0 Å². The van der Waals surface area contributed by atoms with Gasteiger partial charge in [-0.2, -0.15) is 0 Å². The van der Waals surface area contributed by atoms with Crippen molar-refractivity contribution in [2.24, 2.45) is 0 Å². The predicted molar refractivity (Wildman–Crippen MR) is 553 cm³/mol. The quantitative estimate of drug-likeness (QED) is 0.109. The molecule has 5 aromatic heterocycles. The molecule has 23 rings (SSSR count). The van der Waals surface area contributed by atoms with Crippen molar-refractivity contribution in [3.8, 4) is 34.1 Å². The molecule has 23 aromatic rings. The first kappa shape index (κ1) is 79.3. The largest absolute Gasteiger partial charge is 0.456 e. The lowest BCUT2D eigenvalue weighted by atomic mass is 9.86. The molecule has 8 heteroatoms. The van der Waals surface area contributed by atoms with Crippen LogP contribution in [0.2, 0.25) is 0 Å². The average molecular weight is 1680 g/mol. The van der Waals surface area contributed by atoms with Gasteiger partial charge in [0.15, 0.2) is 0 Å². The van der Waals surface area contributed by atoms with E-state index in [-0.39, 0.29) is 21.7 Å². The highest BCUT2D eigenvalue weighted by molar-refractivity contribution is 6.32. The minimum absolute atomic E-state index is 0.00431. The van der Waals surface area contributed by atoms with Gasteiger partial charge in [-0.1, -0.05) is 271 Å². The van der Waals surface area contributed by atoms with Gasteiger partial charge < -0.3 is 37.4 Å². The van der Waals surface area contributed by atoms with E-state index in [0.717, 1.165) is 151 Å². The Bertz CT molecular complexity index is 7790. The summed E-state index contributed by atoms with van der Waals surface area (Å²) in [4.78, 5) is 7.31. The molecule has 0 N–H and O–H groups in total. The normalized spacial score (nSPS) is 12.5. The highest BCUT2D eigenvalue weighted by Crippen LogP contribution is 2.52. The molecule has 0 saturated heterocycles. The Labute approximate surface area is 758 Å². The molecular formula is C122H101N7O. The van der Waals surface area contributed by atoms with E-state index in [1.807, 2.05) is 12.1 Å². The molecule has 0 fully saturated rings. The van der Waals surface area contributed by atoms with E-state index in [0.29, 0.717) is 0 Å². The number of anilines is 9. The minimum atomic E-state index is 0.00431. The van der Waals surface area contributed by atoms with Crippen LogP contribution in [0.25, 0.3) is 154 Å². The molecule has 0 atom stereocenters. The maximum Gasteiger partial charge on any atom is 0.135 e. The molecule has 0 aliphatic heterocycles. The number of hydrogen-bond acceptors (Lipinski definition) is 4. The Kier molecular flexibility index (Phi) is 18.4. The monoisotopic (exact) mass is 1680 g/mol. The van der Waals surface area contributed by atoms with Crippen LogP contribution in [0.4, 0.5) is 51.2 Å². The Morgan fingerprint density at radius 3 is 0.669 bits per heavy atom. The third kappa shape index (κ3) is 13.2. The second-order valence-electron chi connectivity index (χ2n) is 39.4. The molecular weight excluding hydrogens is 1580 g/mol. The van der Waals surface area contributed by atoms with Gasteiger partial charge in [0.1, 0.15) is 11.3 Å². The minimum Gasteiger partial charge on any atom is -0.456 e. The zero-order chi connectivity index (χ0) is 88.4. The van der Waals surface area contributed by atoms with E-state index in [1.165, 1.54) is 76.1 Å². The molecule has 0 amide bonds. The van der Waals surface area contributed by atoms with E-state index in [2.05, 4.69) is 498 Å². The summed E-state index contributed by atoms with van der Waals surface area (Å²) in [5.74, 6) is 0.823. The Hall–Kier alpha value is -15.4. The van der Waals surface area contributed by atoms with Gasteiger partial charge in [0.2, 0.25) is 0 Å². The molecule has 0 aliphatic carbocycles. The van der Waals surface area contributed by atoms with E-state index in [1.54, 1.807) is 0 Å². The first-order valence-electron chi connectivity index (χ1n) is 45.6. The van der Waals surface area contributed by atoms with Crippen LogP contribution < -0.4 is 14.7 Å². The summed E-state index contributed by atoms with van der Waals surface area (Å²) in [6.07, 6.45) is 0. The van der Waals surface area contributed by atoms with E-state index < -0.39 is 0 Å². The standard InChI is InChI=1S/C122H101N7O/c1-119(2,3)80-39-49-89(50-40-80)123(90-51-41-81(42-52-90)120(4,5)6)93-57-61-101-109(74-93)126(84-28-17-13-18-29-84)105-69-65-99-97(115(101)105)67-71-107-117(99)103-63-59-95(76-111(103)128(107)86-32-21-15-22-33-86)125(88-47-37-78(38-48-88)114-73-79-27-25-26-36-113(79)130-114)96-60-64-104-112(77-96)129(87-34-23-16-24-35-87)108-72-68-98-100(118(104)108)66-70-106-116(98)102-62-58-94(75-110(102)127(106)85-30-19-14-20-31-85)124(91-53-43-82(44-54-91)121(7,8)9)92-55-45-83(46-56-92)122(10,11)12/h13-77H,1-12H3. The first-order valence-corrected chi connectivity index (χ1v) is 45.6. The van der Waals surface area contributed by atoms with Crippen molar-refractivity contribution >= 4 is 171 Å². The first-order chi connectivity index (χ1) is 63.0. The molecule has 0 radical (unpaired) electrons. The van der Waals surface area contributed by atoms with Gasteiger partial charge in [-0.25, -0.2) is 0 Å². The Balaban J connectivity index is 0.716. The summed E-state index contributed by atoms with van der Waals surface area (Å²) in [6, 6.07) is 147. The smallest absolute Gasteiger partial charge is 0.135 e. The molecule has 0 saturated carbocycles. The van der Waals surface area contributed by atoms with Gasteiger partial charge in [-0.3, -0.25) is 0 Å². The molecule has 0 bridgehead atoms. The summed E-state index contributed by atoms with van der Waals surface area (Å²) in [6.45, 7) is 27.4. The summed E-state index contributed by atoms with van der Waals surface area (Å²) in [5.41, 5.74) is 30.0. The van der Waals surface area contributed by atoms with Gasteiger partial charge in [0, 0.05) is 128 Å². The van der Waals surface area contributed by atoms with Crippen molar-refractivity contribution in [1.29, 1.82) is 0 Å². The van der Waals surface area contributed by atoms with Crippen LogP contribution in [0, 0.1) is 0 Å². The fourth-order valence-corrected chi connectivity index (χ4v) is 20.5. The second kappa shape index (κ2) is 30.2. The van der Waals surface area contributed by atoms with Crippen LogP contribution >= 0.6 is 0 Å². The van der Waals surface area contributed by atoms with Crippen molar-refractivity contribution < 1.29 is 4.42 Å². The highest BCUT2D eigenvalue weighted by atomic mass is 16.3. The number of fused-ring (bicyclic) bond motifs is 19. The second-order valence-corrected chi connectivity index (χ2v) is 39.4. The van der Waals surface area contributed by atoms with Crippen LogP contribution in [0.1, 0.15) is 105 Å². The summed E-state index contributed by atoms with van der Waals surface area (Å²) in [5, 5.41) is 15.3. The lowest BCUT2D eigenvalue weighted by Crippen LogP contribution is -2.14. The Morgan fingerprint density at radius 2 is 0.415 bits per heavy atom. The topological polar surface area (TPSA) is 42.6 Å². The third-order valence-electron chi connectivity index (χ3n) is 27.1. The van der Waals surface area contributed by atoms with Crippen LogP contribution in [0.3, 0.4) is 0 Å². The lowest BCUT2D eigenvalue weighted by molar-refractivity contribution is 0.590. The number of para-hydroxylation sites is 5. The van der Waals surface area contributed by atoms with Crippen molar-refractivity contribution in [3.63, 3.8) is 0 Å². The predicted octanol–water partition coefficient (Wildman–Crippen LogP) is 34.4. The van der Waals surface area contributed by atoms with Crippen molar-refractivity contribution in [2.45, 2.75) is 105 Å². The third-order valence-corrected chi connectivity index (χ3v) is 27.1. The highest BCUT2D eigenvalue weighted by Gasteiger charge is 2.30. The summed E-state index contributed by atoms with van der Waals surface area (Å²) < 4.78 is 16.5. The average Bonchev–Trinajstić information content (AvgIpc) is 1.55. The lowest BCUT2D eigenvalue weighted by Gasteiger charge is -2.28. The van der Waals surface area contributed by atoms with E-state index in [9.17, 15) is 0 Å². The number of hydrogen-bond donors (Lipinski definition) is 0. The number of aromatic nitrogens is 4. The van der Waals surface area contributed by atoms with Crippen LogP contribution in [0.15, 0.2) is 399 Å². The maximum atomic E-state index is 6.59. The zero-order valence-electron chi connectivity index (χ0n) is 75.6. The molecule has 0 unspecified atom stereocenters. The van der Waals surface area contributed by atoms with Gasteiger partial charge in [0.05, 0.1) is 44.1 Å². The fourth-order valence-electron chi connectivity index (χ4n) is 20.5. The van der Waals surface area contributed by atoms with Crippen LogP contribution in [-0.2, 0) is 21.7 Å². The molecule has 0 spiro atoms. The molecule has 630 valence electrons.